The molecular weight excluding hydrogens is 272 g/mol. The summed E-state index contributed by atoms with van der Waals surface area (Å²) in [5.74, 6) is 0. The number of nitrogen functional groups attached to an aromatic ring is 1. The van der Waals surface area contributed by atoms with Crippen LogP contribution in [-0.2, 0) is 0 Å². The van der Waals surface area contributed by atoms with Crippen LogP contribution in [0.4, 0.5) is 5.00 Å². The van der Waals surface area contributed by atoms with Crippen LogP contribution in [0.3, 0.4) is 0 Å². The number of benzene rings is 1. The van der Waals surface area contributed by atoms with E-state index >= 15 is 0 Å². The Morgan fingerprint density at radius 2 is 1.94 bits per heavy atom. The Balaban J connectivity index is 2.32. The highest BCUT2D eigenvalue weighted by Gasteiger charge is 2.11. The third-order valence-corrected chi connectivity index (χ3v) is 4.32. The number of thioether (sulfide) groups is 1. The highest BCUT2D eigenvalue weighted by Crippen LogP contribution is 2.36. The SMILES string of the molecule is CC(C)Sc1nc(-c2ccc(Cl)cc2)c(N)s1. The summed E-state index contributed by atoms with van der Waals surface area (Å²) in [5.41, 5.74) is 7.87. The van der Waals surface area contributed by atoms with Crippen molar-refractivity contribution in [2.45, 2.75) is 23.4 Å². The molecule has 1 heterocycles. The number of nitrogens with two attached hydrogens (primary N) is 1. The van der Waals surface area contributed by atoms with Crippen LogP contribution >= 0.6 is 34.7 Å². The van der Waals surface area contributed by atoms with Crippen molar-refractivity contribution in [3.63, 3.8) is 0 Å². The van der Waals surface area contributed by atoms with Gasteiger partial charge in [-0.05, 0) is 12.1 Å². The van der Waals surface area contributed by atoms with E-state index in [4.69, 9.17) is 17.3 Å². The van der Waals surface area contributed by atoms with E-state index in [1.807, 2.05) is 24.3 Å². The molecule has 0 spiro atoms. The van der Waals surface area contributed by atoms with E-state index < -0.39 is 0 Å². The minimum absolute atomic E-state index is 0.513. The number of rotatable bonds is 3. The van der Waals surface area contributed by atoms with Crippen LogP contribution in [0.5, 0.6) is 0 Å². The first-order valence-electron chi connectivity index (χ1n) is 5.25. The average molecular weight is 285 g/mol. The van der Waals surface area contributed by atoms with E-state index in [-0.39, 0.29) is 0 Å². The van der Waals surface area contributed by atoms with Crippen molar-refractivity contribution in [1.82, 2.24) is 4.98 Å². The molecule has 0 aliphatic rings. The van der Waals surface area contributed by atoms with E-state index in [1.165, 1.54) is 11.3 Å². The van der Waals surface area contributed by atoms with Gasteiger partial charge in [-0.2, -0.15) is 0 Å². The minimum atomic E-state index is 0.513. The van der Waals surface area contributed by atoms with Crippen molar-refractivity contribution in [1.29, 1.82) is 0 Å². The molecule has 0 aliphatic carbocycles. The van der Waals surface area contributed by atoms with Crippen LogP contribution in [0.2, 0.25) is 5.02 Å². The standard InChI is InChI=1S/C12H13ClN2S2/c1-7(2)16-12-15-10(11(14)17-12)8-3-5-9(13)6-4-8/h3-7H,14H2,1-2H3. The first-order valence-corrected chi connectivity index (χ1v) is 7.32. The first-order chi connectivity index (χ1) is 8.06. The highest BCUT2D eigenvalue weighted by molar-refractivity contribution is 8.01. The number of nitrogens with zero attached hydrogens (tertiary/aromatic N) is 1. The molecule has 5 heteroatoms. The summed E-state index contributed by atoms with van der Waals surface area (Å²) in [7, 11) is 0. The lowest BCUT2D eigenvalue weighted by Crippen LogP contribution is -1.86. The van der Waals surface area contributed by atoms with Crippen molar-refractivity contribution >= 4 is 39.7 Å². The molecule has 2 N–H and O–H groups in total. The van der Waals surface area contributed by atoms with Crippen molar-refractivity contribution in [3.05, 3.63) is 29.3 Å². The molecular formula is C12H13ClN2S2. The Labute approximate surface area is 114 Å². The molecule has 2 rings (SSSR count). The zero-order chi connectivity index (χ0) is 12.4. The molecule has 0 saturated carbocycles. The van der Waals surface area contributed by atoms with E-state index in [0.29, 0.717) is 5.25 Å². The van der Waals surface area contributed by atoms with E-state index in [9.17, 15) is 0 Å². The molecule has 2 aromatic rings. The lowest BCUT2D eigenvalue weighted by atomic mass is 10.2. The number of hydrogen-bond acceptors (Lipinski definition) is 4. The lowest BCUT2D eigenvalue weighted by Gasteiger charge is -1.99. The van der Waals surface area contributed by atoms with Gasteiger partial charge in [0.1, 0.15) is 10.7 Å². The second-order valence-corrected chi connectivity index (χ2v) is 7.16. The van der Waals surface area contributed by atoms with Gasteiger partial charge in [0, 0.05) is 15.8 Å². The second kappa shape index (κ2) is 5.29. The predicted molar refractivity (Wildman–Crippen MR) is 78.0 cm³/mol. The number of halogens is 1. The van der Waals surface area contributed by atoms with Gasteiger partial charge in [0.25, 0.3) is 0 Å². The van der Waals surface area contributed by atoms with Crippen molar-refractivity contribution in [2.24, 2.45) is 0 Å². The van der Waals surface area contributed by atoms with E-state index in [2.05, 4.69) is 18.8 Å². The van der Waals surface area contributed by atoms with E-state index in [0.717, 1.165) is 25.6 Å². The topological polar surface area (TPSA) is 38.9 Å². The van der Waals surface area contributed by atoms with Gasteiger partial charge in [-0.1, -0.05) is 60.7 Å². The summed E-state index contributed by atoms with van der Waals surface area (Å²) in [6, 6.07) is 7.59. The Bertz CT molecular complexity index is 506. The largest absolute Gasteiger partial charge is 0.389 e. The predicted octanol–water partition coefficient (Wildman–Crippen LogP) is 4.55. The summed E-state index contributed by atoms with van der Waals surface area (Å²) in [4.78, 5) is 4.56. The third kappa shape index (κ3) is 3.15. The number of aromatic nitrogens is 1. The zero-order valence-electron chi connectivity index (χ0n) is 9.61. The molecule has 0 saturated heterocycles. The number of anilines is 1. The van der Waals surface area contributed by atoms with Crippen molar-refractivity contribution in [2.75, 3.05) is 5.73 Å². The van der Waals surface area contributed by atoms with Gasteiger partial charge in [-0.15, -0.1) is 0 Å². The fourth-order valence-corrected chi connectivity index (χ4v) is 3.68. The molecule has 0 amide bonds. The molecule has 90 valence electrons. The van der Waals surface area contributed by atoms with Crippen LogP contribution in [0, 0.1) is 0 Å². The number of hydrogen-bond donors (Lipinski definition) is 1. The van der Waals surface area contributed by atoms with Crippen LogP contribution in [0.15, 0.2) is 28.6 Å². The van der Waals surface area contributed by atoms with Gasteiger partial charge in [-0.3, -0.25) is 0 Å². The third-order valence-electron chi connectivity index (χ3n) is 2.09. The van der Waals surface area contributed by atoms with Crippen molar-refractivity contribution in [3.8, 4) is 11.3 Å². The molecule has 0 fully saturated rings. The summed E-state index contributed by atoms with van der Waals surface area (Å²) in [5, 5.41) is 1.99. The van der Waals surface area contributed by atoms with E-state index in [1.54, 1.807) is 11.8 Å². The molecule has 0 unspecified atom stereocenters. The summed E-state index contributed by atoms with van der Waals surface area (Å²) in [6.07, 6.45) is 0. The molecule has 1 aromatic carbocycles. The fraction of sp³-hybridized carbons (Fsp3) is 0.250. The van der Waals surface area contributed by atoms with Crippen molar-refractivity contribution < 1.29 is 0 Å². The lowest BCUT2D eigenvalue weighted by molar-refractivity contribution is 1.10. The minimum Gasteiger partial charge on any atom is -0.389 e. The Kier molecular flexibility index (Phi) is 3.97. The monoisotopic (exact) mass is 284 g/mol. The first kappa shape index (κ1) is 12.7. The second-order valence-electron chi connectivity index (χ2n) is 3.87. The molecule has 2 nitrogen and oxygen atoms in total. The van der Waals surface area contributed by atoms with Gasteiger partial charge < -0.3 is 5.73 Å². The quantitative estimate of drug-likeness (QED) is 0.841. The maximum Gasteiger partial charge on any atom is 0.152 e. The maximum atomic E-state index is 6.00. The average Bonchev–Trinajstić information content (AvgIpc) is 2.59. The molecule has 0 bridgehead atoms. The summed E-state index contributed by atoms with van der Waals surface area (Å²) >= 11 is 9.13. The molecule has 17 heavy (non-hydrogen) atoms. The Hall–Kier alpha value is -0.710. The molecule has 0 atom stereocenters. The number of thiazole rings is 1. The van der Waals surface area contributed by atoms with Gasteiger partial charge in [0.2, 0.25) is 0 Å². The van der Waals surface area contributed by atoms with Gasteiger partial charge >= 0.3 is 0 Å². The van der Waals surface area contributed by atoms with Crippen LogP contribution in [0.25, 0.3) is 11.3 Å². The summed E-state index contributed by atoms with van der Waals surface area (Å²) in [6.45, 7) is 4.29. The smallest absolute Gasteiger partial charge is 0.152 e. The normalized spacial score (nSPS) is 11.1. The van der Waals surface area contributed by atoms with Gasteiger partial charge in [0.15, 0.2) is 4.34 Å². The molecule has 1 aromatic heterocycles. The zero-order valence-corrected chi connectivity index (χ0v) is 12.0. The van der Waals surface area contributed by atoms with Crippen LogP contribution < -0.4 is 5.73 Å². The maximum absolute atomic E-state index is 6.00. The fourth-order valence-electron chi connectivity index (χ4n) is 1.38. The Morgan fingerprint density at radius 3 is 2.53 bits per heavy atom. The Morgan fingerprint density at radius 1 is 1.29 bits per heavy atom. The van der Waals surface area contributed by atoms with Gasteiger partial charge in [-0.25, -0.2) is 4.98 Å². The molecule has 0 aliphatic heterocycles. The summed E-state index contributed by atoms with van der Waals surface area (Å²) < 4.78 is 1.02. The van der Waals surface area contributed by atoms with Crippen LogP contribution in [0.1, 0.15) is 13.8 Å². The molecule has 0 radical (unpaired) electrons. The highest BCUT2D eigenvalue weighted by atomic mass is 35.5. The van der Waals surface area contributed by atoms with Gasteiger partial charge in [0.05, 0.1) is 0 Å². The van der Waals surface area contributed by atoms with Crippen LogP contribution in [-0.4, -0.2) is 10.2 Å².